The van der Waals surface area contributed by atoms with Gasteiger partial charge in [-0.15, -0.1) is 0 Å². The van der Waals surface area contributed by atoms with Gasteiger partial charge in [0.05, 0.1) is 55.8 Å². The van der Waals surface area contributed by atoms with Crippen LogP contribution in [0.25, 0.3) is 10.9 Å². The number of fused-ring (bicyclic) bond motifs is 1. The topological polar surface area (TPSA) is 135 Å². The van der Waals surface area contributed by atoms with Crippen molar-refractivity contribution in [2.45, 2.75) is 44.4 Å². The van der Waals surface area contributed by atoms with Gasteiger partial charge < -0.3 is 29.2 Å². The summed E-state index contributed by atoms with van der Waals surface area (Å²) in [5.74, 6) is 1.14. The quantitative estimate of drug-likeness (QED) is 0.236. The van der Waals surface area contributed by atoms with Gasteiger partial charge in [0, 0.05) is 19.2 Å². The normalized spacial score (nSPS) is 19.6. The number of nitro groups is 1. The highest BCUT2D eigenvalue weighted by Gasteiger charge is 2.26. The van der Waals surface area contributed by atoms with Crippen LogP contribution in [0.3, 0.4) is 0 Å². The van der Waals surface area contributed by atoms with E-state index in [1.807, 2.05) is 12.1 Å². The molecule has 210 valence electrons. The van der Waals surface area contributed by atoms with Gasteiger partial charge in [0.2, 0.25) is 5.88 Å². The smallest absolute Gasteiger partial charge is 0.434 e. The zero-order valence-electron chi connectivity index (χ0n) is 22.0. The summed E-state index contributed by atoms with van der Waals surface area (Å²) in [6, 6.07) is 3.90. The van der Waals surface area contributed by atoms with Gasteiger partial charge in [-0.3, -0.25) is 9.67 Å². The molecule has 13 nitrogen and oxygen atoms in total. The first kappa shape index (κ1) is 25.9. The van der Waals surface area contributed by atoms with Crippen LogP contribution >= 0.6 is 0 Å². The molecular formula is C26H29FN8O5. The van der Waals surface area contributed by atoms with Crippen LogP contribution in [-0.2, 0) is 18.4 Å². The van der Waals surface area contributed by atoms with Gasteiger partial charge in [-0.1, -0.05) is 4.98 Å². The molecule has 40 heavy (non-hydrogen) atoms. The second-order valence-electron chi connectivity index (χ2n) is 9.96. The summed E-state index contributed by atoms with van der Waals surface area (Å²) < 4.78 is 34.5. The first-order valence-corrected chi connectivity index (χ1v) is 13.2. The summed E-state index contributed by atoms with van der Waals surface area (Å²) >= 11 is 0. The van der Waals surface area contributed by atoms with Crippen LogP contribution in [0.15, 0.2) is 36.9 Å². The van der Waals surface area contributed by atoms with Crippen LogP contribution in [0.1, 0.15) is 37.4 Å². The lowest BCUT2D eigenvalue weighted by Crippen LogP contribution is -2.36. The van der Waals surface area contributed by atoms with Gasteiger partial charge in [-0.2, -0.15) is 10.1 Å². The van der Waals surface area contributed by atoms with E-state index in [1.165, 1.54) is 23.2 Å². The van der Waals surface area contributed by atoms with Crippen molar-refractivity contribution in [2.75, 3.05) is 31.2 Å². The van der Waals surface area contributed by atoms with E-state index in [0.29, 0.717) is 35.9 Å². The van der Waals surface area contributed by atoms with E-state index < -0.39 is 4.92 Å². The van der Waals surface area contributed by atoms with Crippen molar-refractivity contribution in [2.24, 2.45) is 7.05 Å². The summed E-state index contributed by atoms with van der Waals surface area (Å²) in [7, 11) is 1.57. The molecule has 0 spiro atoms. The highest BCUT2D eigenvalue weighted by Crippen LogP contribution is 2.35. The van der Waals surface area contributed by atoms with Crippen LogP contribution in [0.2, 0.25) is 0 Å². The maximum Gasteiger partial charge on any atom is 0.434 e. The zero-order chi connectivity index (χ0) is 27.6. The summed E-state index contributed by atoms with van der Waals surface area (Å²) in [5.41, 5.74) is 1.27. The highest BCUT2D eigenvalue weighted by atomic mass is 19.1. The van der Waals surface area contributed by atoms with Crippen molar-refractivity contribution in [1.82, 2.24) is 29.3 Å². The monoisotopic (exact) mass is 552 g/mol. The fourth-order valence-corrected chi connectivity index (χ4v) is 5.18. The standard InChI is InChI=1S/C26H29FN8O5/c1-32-19(13-29-26(32)35(36)37)16-39-21-10-22-23(28-14-21)11-24(33-6-8-38-9-7-33)31-25(22)40-20-4-2-18(3-5-20)34-15-17(27)12-30-34/h10-15,18,20H,2-9,16H2,1H3/t18-,20+. The lowest BCUT2D eigenvalue weighted by atomic mass is 9.93. The number of pyridine rings is 2. The molecule has 1 aliphatic heterocycles. The largest absolute Gasteiger partial charge is 0.484 e. The van der Waals surface area contributed by atoms with Gasteiger partial charge >= 0.3 is 5.95 Å². The molecule has 0 bridgehead atoms. The number of imidazole rings is 1. The van der Waals surface area contributed by atoms with E-state index in [-0.39, 0.29) is 30.5 Å². The molecule has 0 aromatic carbocycles. The fraction of sp³-hybridized carbons (Fsp3) is 0.462. The first-order valence-electron chi connectivity index (χ1n) is 13.2. The Labute approximate surface area is 228 Å². The van der Waals surface area contributed by atoms with Crippen LogP contribution < -0.4 is 14.4 Å². The minimum atomic E-state index is -0.538. The summed E-state index contributed by atoms with van der Waals surface area (Å²) in [6.45, 7) is 2.78. The third kappa shape index (κ3) is 5.39. The van der Waals surface area contributed by atoms with E-state index in [2.05, 4.69) is 20.0 Å². The molecule has 1 saturated heterocycles. The van der Waals surface area contributed by atoms with Gasteiger partial charge in [-0.05, 0) is 36.7 Å². The number of aromatic nitrogens is 6. The molecule has 14 heteroatoms. The minimum Gasteiger partial charge on any atom is -0.484 e. The van der Waals surface area contributed by atoms with E-state index in [9.17, 15) is 14.5 Å². The Morgan fingerprint density at radius 1 is 1.12 bits per heavy atom. The van der Waals surface area contributed by atoms with Crippen molar-refractivity contribution in [3.8, 4) is 11.6 Å². The zero-order valence-corrected chi connectivity index (χ0v) is 22.0. The molecule has 0 N–H and O–H groups in total. The third-order valence-corrected chi connectivity index (χ3v) is 7.42. The maximum absolute atomic E-state index is 13.4. The molecule has 0 radical (unpaired) electrons. The lowest BCUT2D eigenvalue weighted by molar-refractivity contribution is -0.396. The number of halogens is 1. The Kier molecular flexibility index (Phi) is 7.15. The molecule has 6 rings (SSSR count). The molecule has 2 aliphatic rings. The first-order chi connectivity index (χ1) is 19.4. The number of rotatable bonds is 8. The Morgan fingerprint density at radius 2 is 1.93 bits per heavy atom. The number of anilines is 1. The fourth-order valence-electron chi connectivity index (χ4n) is 5.18. The van der Waals surface area contributed by atoms with E-state index in [0.717, 1.165) is 50.1 Å². The second-order valence-corrected chi connectivity index (χ2v) is 9.96. The predicted molar refractivity (Wildman–Crippen MR) is 141 cm³/mol. The molecule has 1 saturated carbocycles. The van der Waals surface area contributed by atoms with Gasteiger partial charge in [-0.25, -0.2) is 8.96 Å². The Balaban J connectivity index is 1.23. The van der Waals surface area contributed by atoms with E-state index in [1.54, 1.807) is 17.9 Å². The Morgan fingerprint density at radius 3 is 2.62 bits per heavy atom. The molecule has 1 aliphatic carbocycles. The van der Waals surface area contributed by atoms with Crippen molar-refractivity contribution in [1.29, 1.82) is 0 Å². The van der Waals surface area contributed by atoms with Crippen LogP contribution in [0.5, 0.6) is 11.6 Å². The summed E-state index contributed by atoms with van der Waals surface area (Å²) in [5, 5.41) is 15.9. The molecule has 0 amide bonds. The van der Waals surface area contributed by atoms with E-state index in [4.69, 9.17) is 19.2 Å². The molecule has 0 atom stereocenters. The van der Waals surface area contributed by atoms with Crippen LogP contribution in [-0.4, -0.2) is 66.6 Å². The van der Waals surface area contributed by atoms with Crippen molar-refractivity contribution < 1.29 is 23.5 Å². The number of ether oxygens (including phenoxy) is 3. The predicted octanol–water partition coefficient (Wildman–Crippen LogP) is 3.59. The molecule has 4 aromatic rings. The number of morpholine rings is 1. The average Bonchev–Trinajstić information content (AvgIpc) is 3.58. The third-order valence-electron chi connectivity index (χ3n) is 7.42. The van der Waals surface area contributed by atoms with Gasteiger partial charge in [0.15, 0.2) is 11.5 Å². The van der Waals surface area contributed by atoms with Gasteiger partial charge in [0.1, 0.15) is 30.5 Å². The van der Waals surface area contributed by atoms with Crippen molar-refractivity contribution in [3.63, 3.8) is 0 Å². The van der Waals surface area contributed by atoms with Crippen LogP contribution in [0, 0.1) is 15.9 Å². The second kappa shape index (κ2) is 11.0. The van der Waals surface area contributed by atoms with Gasteiger partial charge in [0.25, 0.3) is 0 Å². The molecule has 5 heterocycles. The number of hydrogen-bond acceptors (Lipinski definition) is 10. The molecule has 2 fully saturated rings. The minimum absolute atomic E-state index is 0.0631. The summed E-state index contributed by atoms with van der Waals surface area (Å²) in [6.07, 6.45) is 8.83. The Hall–Kier alpha value is -4.33. The highest BCUT2D eigenvalue weighted by molar-refractivity contribution is 5.87. The molecule has 4 aromatic heterocycles. The lowest BCUT2D eigenvalue weighted by Gasteiger charge is -2.30. The van der Waals surface area contributed by atoms with E-state index >= 15 is 0 Å². The average molecular weight is 553 g/mol. The summed E-state index contributed by atoms with van der Waals surface area (Å²) in [4.78, 5) is 26.1. The number of hydrogen-bond donors (Lipinski definition) is 0. The van der Waals surface area contributed by atoms with Crippen molar-refractivity contribution >= 4 is 22.7 Å². The SMILES string of the molecule is Cn1c(COc2cnc3cc(N4CCOCC4)nc(O[C@H]4CC[C@@H](n5cc(F)cn5)CC4)c3c2)cnc1[N+](=O)[O-]. The molecular weight excluding hydrogens is 523 g/mol. The maximum atomic E-state index is 13.4. The molecule has 0 unspecified atom stereocenters. The Bertz CT molecular complexity index is 1510. The van der Waals surface area contributed by atoms with Crippen LogP contribution in [0.4, 0.5) is 16.2 Å². The van der Waals surface area contributed by atoms with Crippen molar-refractivity contribution in [3.05, 3.63) is 58.5 Å². The number of nitrogens with zero attached hydrogens (tertiary/aromatic N) is 8.